The fourth-order valence-electron chi connectivity index (χ4n) is 3.24. The molecule has 1 N–H and O–H groups in total. The van der Waals surface area contributed by atoms with Gasteiger partial charge in [-0.3, -0.25) is 4.68 Å². The third-order valence-corrected chi connectivity index (χ3v) is 4.43. The topological polar surface area (TPSA) is 29.9 Å². The van der Waals surface area contributed by atoms with Crippen molar-refractivity contribution in [3.05, 3.63) is 30.0 Å². The van der Waals surface area contributed by atoms with Gasteiger partial charge in [-0.15, -0.1) is 0 Å². The zero-order chi connectivity index (χ0) is 13.2. The lowest BCUT2D eigenvalue weighted by molar-refractivity contribution is 0.423. The van der Waals surface area contributed by atoms with Crippen molar-refractivity contribution in [3.63, 3.8) is 0 Å². The minimum absolute atomic E-state index is 0.672. The van der Waals surface area contributed by atoms with E-state index in [9.17, 15) is 0 Å². The van der Waals surface area contributed by atoms with Gasteiger partial charge in [0.1, 0.15) is 0 Å². The molecule has 1 fully saturated rings. The van der Waals surface area contributed by atoms with Crippen LogP contribution in [0.3, 0.4) is 0 Å². The Morgan fingerprint density at radius 1 is 1.32 bits per heavy atom. The average molecular weight is 257 g/mol. The highest BCUT2D eigenvalue weighted by Crippen LogP contribution is 2.25. The highest BCUT2D eigenvalue weighted by Gasteiger charge is 2.23. The second-order valence-electron chi connectivity index (χ2n) is 5.68. The van der Waals surface area contributed by atoms with E-state index in [1.165, 1.54) is 35.9 Å². The number of aryl methyl sites for hydroxylation is 1. The van der Waals surface area contributed by atoms with E-state index in [4.69, 9.17) is 5.10 Å². The molecular weight excluding hydrogens is 234 g/mol. The Kier molecular flexibility index (Phi) is 3.56. The summed E-state index contributed by atoms with van der Waals surface area (Å²) in [6.45, 7) is 6.33. The lowest BCUT2D eigenvalue weighted by Gasteiger charge is -2.16. The zero-order valence-corrected chi connectivity index (χ0v) is 11.9. The Hall–Kier alpha value is -1.35. The number of hydrogen-bond donors (Lipinski definition) is 1. The molecule has 0 spiro atoms. The molecule has 102 valence electrons. The maximum atomic E-state index is 4.75. The van der Waals surface area contributed by atoms with E-state index in [0.29, 0.717) is 6.04 Å². The van der Waals surface area contributed by atoms with Crippen LogP contribution in [-0.4, -0.2) is 15.8 Å². The first-order valence-electron chi connectivity index (χ1n) is 7.47. The second kappa shape index (κ2) is 5.33. The first kappa shape index (κ1) is 12.7. The fourth-order valence-corrected chi connectivity index (χ4v) is 3.24. The van der Waals surface area contributed by atoms with Gasteiger partial charge in [0.15, 0.2) is 0 Å². The van der Waals surface area contributed by atoms with Crippen molar-refractivity contribution >= 4 is 10.9 Å². The average Bonchev–Trinajstić information content (AvgIpc) is 3.00. The molecule has 3 rings (SSSR count). The van der Waals surface area contributed by atoms with E-state index in [-0.39, 0.29) is 0 Å². The lowest BCUT2D eigenvalue weighted by Crippen LogP contribution is -2.30. The first-order valence-corrected chi connectivity index (χ1v) is 7.47. The lowest BCUT2D eigenvalue weighted by atomic mass is 10.1. The fraction of sp³-hybridized carbons (Fsp3) is 0.562. The summed E-state index contributed by atoms with van der Waals surface area (Å²) in [5.74, 6) is 0.805. The van der Waals surface area contributed by atoms with Crippen LogP contribution in [0.15, 0.2) is 24.3 Å². The molecule has 0 saturated heterocycles. The number of benzene rings is 1. The van der Waals surface area contributed by atoms with E-state index in [1.807, 2.05) is 0 Å². The Labute approximate surface area is 115 Å². The van der Waals surface area contributed by atoms with Gasteiger partial charge in [-0.25, -0.2) is 0 Å². The van der Waals surface area contributed by atoms with Crippen LogP contribution < -0.4 is 5.32 Å². The molecule has 0 bridgehead atoms. The highest BCUT2D eigenvalue weighted by atomic mass is 15.3. The summed E-state index contributed by atoms with van der Waals surface area (Å²) in [6, 6.07) is 9.21. The SMILES string of the molecule is CCn1nc(CNC2CCCC2C)c2ccccc21. The van der Waals surface area contributed by atoms with Crippen molar-refractivity contribution in [1.29, 1.82) is 0 Å². The maximum Gasteiger partial charge on any atom is 0.0841 e. The van der Waals surface area contributed by atoms with Crippen LogP contribution in [0.2, 0.25) is 0 Å². The summed E-state index contributed by atoms with van der Waals surface area (Å²) in [6.07, 6.45) is 4.04. The molecule has 1 aromatic carbocycles. The van der Waals surface area contributed by atoms with Crippen molar-refractivity contribution in [1.82, 2.24) is 15.1 Å². The molecule has 1 heterocycles. The van der Waals surface area contributed by atoms with E-state index in [0.717, 1.165) is 19.0 Å². The number of hydrogen-bond acceptors (Lipinski definition) is 2. The predicted octanol–water partition coefficient (Wildman–Crippen LogP) is 3.33. The highest BCUT2D eigenvalue weighted by molar-refractivity contribution is 5.81. The third-order valence-electron chi connectivity index (χ3n) is 4.43. The molecule has 3 nitrogen and oxygen atoms in total. The maximum absolute atomic E-state index is 4.75. The van der Waals surface area contributed by atoms with Gasteiger partial charge < -0.3 is 5.32 Å². The molecule has 1 aliphatic rings. The van der Waals surface area contributed by atoms with Crippen molar-refractivity contribution in [2.24, 2.45) is 5.92 Å². The monoisotopic (exact) mass is 257 g/mol. The molecule has 2 aromatic rings. The van der Waals surface area contributed by atoms with Crippen molar-refractivity contribution in [2.45, 2.75) is 52.2 Å². The van der Waals surface area contributed by atoms with Crippen molar-refractivity contribution < 1.29 is 0 Å². The van der Waals surface area contributed by atoms with Crippen molar-refractivity contribution in [2.75, 3.05) is 0 Å². The molecule has 2 unspecified atom stereocenters. The molecule has 0 aliphatic heterocycles. The number of nitrogens with zero attached hydrogens (tertiary/aromatic N) is 2. The van der Waals surface area contributed by atoms with Gasteiger partial charge in [-0.2, -0.15) is 5.10 Å². The minimum Gasteiger partial charge on any atom is -0.308 e. The number of fused-ring (bicyclic) bond motifs is 1. The van der Waals surface area contributed by atoms with Crippen LogP contribution in [0.25, 0.3) is 10.9 Å². The number of aromatic nitrogens is 2. The van der Waals surface area contributed by atoms with Crippen LogP contribution in [0.4, 0.5) is 0 Å². The molecule has 3 heteroatoms. The van der Waals surface area contributed by atoms with E-state index in [2.05, 4.69) is 48.1 Å². The molecule has 19 heavy (non-hydrogen) atoms. The number of nitrogens with one attached hydrogen (secondary N) is 1. The van der Waals surface area contributed by atoms with Gasteiger partial charge in [0.05, 0.1) is 11.2 Å². The number of para-hydroxylation sites is 1. The summed E-state index contributed by atoms with van der Waals surface area (Å²) < 4.78 is 2.10. The Balaban J connectivity index is 1.80. The summed E-state index contributed by atoms with van der Waals surface area (Å²) in [5.41, 5.74) is 2.44. The Morgan fingerprint density at radius 2 is 2.16 bits per heavy atom. The van der Waals surface area contributed by atoms with E-state index >= 15 is 0 Å². The van der Waals surface area contributed by atoms with Crippen molar-refractivity contribution in [3.8, 4) is 0 Å². The van der Waals surface area contributed by atoms with Gasteiger partial charge in [0, 0.05) is 24.5 Å². The molecule has 2 atom stereocenters. The quantitative estimate of drug-likeness (QED) is 0.910. The van der Waals surface area contributed by atoms with E-state index in [1.54, 1.807) is 0 Å². The Bertz CT molecular complexity index is 558. The van der Waals surface area contributed by atoms with Gasteiger partial charge in [-0.1, -0.05) is 31.5 Å². The van der Waals surface area contributed by atoms with Crippen LogP contribution in [0.5, 0.6) is 0 Å². The normalized spacial score (nSPS) is 23.3. The first-order chi connectivity index (χ1) is 9.29. The predicted molar refractivity (Wildman–Crippen MR) is 79.0 cm³/mol. The minimum atomic E-state index is 0.672. The molecule has 0 radical (unpaired) electrons. The third kappa shape index (κ3) is 2.39. The largest absolute Gasteiger partial charge is 0.308 e. The molecule has 1 aliphatic carbocycles. The van der Waals surface area contributed by atoms with Gasteiger partial charge >= 0.3 is 0 Å². The van der Waals surface area contributed by atoms with Crippen LogP contribution >= 0.6 is 0 Å². The molecule has 1 saturated carbocycles. The van der Waals surface area contributed by atoms with E-state index < -0.39 is 0 Å². The smallest absolute Gasteiger partial charge is 0.0841 e. The summed E-state index contributed by atoms with van der Waals surface area (Å²) >= 11 is 0. The van der Waals surface area contributed by atoms with Crippen LogP contribution in [0.1, 0.15) is 38.8 Å². The standard InChI is InChI=1S/C16H23N3/c1-3-19-16-10-5-4-8-13(16)15(18-19)11-17-14-9-6-7-12(14)2/h4-5,8,10,12,14,17H,3,6-7,9,11H2,1-2H3. The van der Waals surface area contributed by atoms with Gasteiger partial charge in [0.2, 0.25) is 0 Å². The summed E-state index contributed by atoms with van der Waals surface area (Å²) in [4.78, 5) is 0. The zero-order valence-electron chi connectivity index (χ0n) is 11.9. The summed E-state index contributed by atoms with van der Waals surface area (Å²) in [7, 11) is 0. The van der Waals surface area contributed by atoms with Crippen LogP contribution in [-0.2, 0) is 13.1 Å². The molecule has 1 aromatic heterocycles. The van der Waals surface area contributed by atoms with Gasteiger partial charge in [-0.05, 0) is 31.7 Å². The van der Waals surface area contributed by atoms with Crippen LogP contribution in [0, 0.1) is 5.92 Å². The second-order valence-corrected chi connectivity index (χ2v) is 5.68. The number of rotatable bonds is 4. The molecular formula is C16H23N3. The Morgan fingerprint density at radius 3 is 2.89 bits per heavy atom. The summed E-state index contributed by atoms with van der Waals surface area (Å²) in [5, 5.41) is 9.74. The van der Waals surface area contributed by atoms with Gasteiger partial charge in [0.25, 0.3) is 0 Å². The molecule has 0 amide bonds.